The Balaban J connectivity index is 1.55. The molecule has 0 amide bonds. The summed E-state index contributed by atoms with van der Waals surface area (Å²) in [5, 5.41) is 0. The molecule has 0 aromatic heterocycles. The lowest BCUT2D eigenvalue weighted by Crippen LogP contribution is -2.21. The number of Topliss-reactive ketones (excluding diaryl/α,β-unsaturated/α-hetero) is 1. The van der Waals surface area contributed by atoms with E-state index in [4.69, 9.17) is 23.7 Å². The third-order valence-electron chi connectivity index (χ3n) is 6.26. The van der Waals surface area contributed by atoms with Gasteiger partial charge < -0.3 is 23.7 Å². The molecule has 0 saturated carbocycles. The number of hydrogen-bond acceptors (Lipinski definition) is 7. The molecule has 3 aromatic carbocycles. The Morgan fingerprint density at radius 2 is 1.78 bits per heavy atom. The third-order valence-corrected chi connectivity index (χ3v) is 6.26. The molecule has 5 rings (SSSR count). The molecule has 0 radical (unpaired) electrons. The van der Waals surface area contributed by atoms with Crippen molar-refractivity contribution in [3.63, 3.8) is 0 Å². The average molecular weight is 499 g/mol. The zero-order valence-electron chi connectivity index (χ0n) is 20.8. The van der Waals surface area contributed by atoms with Crippen LogP contribution in [-0.4, -0.2) is 32.6 Å². The quantitative estimate of drug-likeness (QED) is 0.178. The summed E-state index contributed by atoms with van der Waals surface area (Å²) in [6.07, 6.45) is 1.78. The molecule has 7 heteroatoms. The molecule has 0 spiro atoms. The number of benzene rings is 3. The predicted octanol–water partition coefficient (Wildman–Crippen LogP) is 5.72. The Hall–Kier alpha value is -4.52. The summed E-state index contributed by atoms with van der Waals surface area (Å²) in [5.74, 6) is 1.79. The lowest BCUT2D eigenvalue weighted by Gasteiger charge is -2.27. The molecule has 0 aliphatic carbocycles. The van der Waals surface area contributed by atoms with E-state index < -0.39 is 5.92 Å². The zero-order chi connectivity index (χ0) is 26.1. The predicted molar refractivity (Wildman–Crippen MR) is 138 cm³/mol. The number of hydrogen-bond donors (Lipinski definition) is 0. The van der Waals surface area contributed by atoms with Crippen LogP contribution >= 0.6 is 0 Å². The van der Waals surface area contributed by atoms with Crippen molar-refractivity contribution >= 4 is 17.8 Å². The third kappa shape index (κ3) is 4.68. The highest BCUT2D eigenvalue weighted by atomic mass is 16.5. The molecule has 1 atom stereocenters. The maximum atomic E-state index is 13.2. The lowest BCUT2D eigenvalue weighted by atomic mass is 9.84. The normalized spacial score (nSPS) is 16.9. The fraction of sp³-hybridized carbons (Fsp3) is 0.200. The summed E-state index contributed by atoms with van der Waals surface area (Å²) in [6.45, 7) is 6.09. The first-order chi connectivity index (χ1) is 17.9. The van der Waals surface area contributed by atoms with Gasteiger partial charge in [0, 0.05) is 11.5 Å². The van der Waals surface area contributed by atoms with Crippen LogP contribution in [0.1, 0.15) is 46.3 Å². The molecule has 2 heterocycles. The van der Waals surface area contributed by atoms with Crippen LogP contribution in [0.15, 0.2) is 72.5 Å². The molecular weight excluding hydrogens is 472 g/mol. The first kappa shape index (κ1) is 24.2. The molecule has 0 saturated heterocycles. The van der Waals surface area contributed by atoms with Crippen molar-refractivity contribution in [3.8, 4) is 28.7 Å². The van der Waals surface area contributed by atoms with Gasteiger partial charge in [0.2, 0.25) is 5.78 Å². The molecule has 37 heavy (non-hydrogen) atoms. The maximum Gasteiger partial charge on any atom is 0.312 e. The number of ketones is 1. The van der Waals surface area contributed by atoms with E-state index in [1.807, 2.05) is 43.3 Å². The molecule has 0 N–H and O–H groups in total. The van der Waals surface area contributed by atoms with Gasteiger partial charge in [-0.1, -0.05) is 24.8 Å². The summed E-state index contributed by atoms with van der Waals surface area (Å²) < 4.78 is 28.2. The molecular formula is C30H26O7. The van der Waals surface area contributed by atoms with Gasteiger partial charge in [-0.3, -0.25) is 9.59 Å². The van der Waals surface area contributed by atoms with Crippen LogP contribution in [0.25, 0.3) is 6.08 Å². The number of carbonyl (C=O) groups excluding carboxylic acids is 2. The molecule has 3 aromatic rings. The van der Waals surface area contributed by atoms with Crippen LogP contribution in [0, 0.1) is 0 Å². The number of rotatable bonds is 7. The van der Waals surface area contributed by atoms with Crippen molar-refractivity contribution in [1.29, 1.82) is 0 Å². The fourth-order valence-electron chi connectivity index (χ4n) is 4.47. The van der Waals surface area contributed by atoms with Crippen molar-refractivity contribution < 1.29 is 33.3 Å². The molecule has 2 aliphatic heterocycles. The molecule has 0 bridgehead atoms. The van der Waals surface area contributed by atoms with E-state index in [2.05, 4.69) is 6.58 Å². The average Bonchev–Trinajstić information content (AvgIpc) is 3.22. The second kappa shape index (κ2) is 9.85. The summed E-state index contributed by atoms with van der Waals surface area (Å²) in [6, 6.07) is 16.1. The van der Waals surface area contributed by atoms with Crippen LogP contribution in [0.5, 0.6) is 28.7 Å². The van der Waals surface area contributed by atoms with Gasteiger partial charge in [-0.15, -0.1) is 0 Å². The van der Waals surface area contributed by atoms with E-state index in [9.17, 15) is 9.59 Å². The standard InChI is InChI=1S/C30H26O7/c1-17(2)16-35-25-14-19(7-11-23(25)34-4)22-15-27(31)36-24-12-10-21-29(32)26(37-30(21)28(22)24)13-18-5-8-20(33-3)9-6-18/h5-14,22H,1,15-16H2,2-4H3/b26-13-/t22-/m0/s1. The van der Waals surface area contributed by atoms with Gasteiger partial charge >= 0.3 is 5.97 Å². The van der Waals surface area contributed by atoms with Gasteiger partial charge in [-0.2, -0.15) is 0 Å². The van der Waals surface area contributed by atoms with E-state index in [-0.39, 0.29) is 23.9 Å². The lowest BCUT2D eigenvalue weighted by molar-refractivity contribution is -0.135. The van der Waals surface area contributed by atoms with Gasteiger partial charge in [-0.25, -0.2) is 0 Å². The summed E-state index contributed by atoms with van der Waals surface area (Å²) >= 11 is 0. The van der Waals surface area contributed by atoms with Gasteiger partial charge in [0.1, 0.15) is 23.9 Å². The molecule has 7 nitrogen and oxygen atoms in total. The first-order valence-corrected chi connectivity index (χ1v) is 11.8. The van der Waals surface area contributed by atoms with Crippen molar-refractivity contribution in [1.82, 2.24) is 0 Å². The number of carbonyl (C=O) groups is 2. The Morgan fingerprint density at radius 1 is 1.00 bits per heavy atom. The van der Waals surface area contributed by atoms with Gasteiger partial charge in [0.05, 0.1) is 26.2 Å². The van der Waals surface area contributed by atoms with Gasteiger partial charge in [0.25, 0.3) is 0 Å². The highest BCUT2D eigenvalue weighted by molar-refractivity contribution is 6.15. The summed E-state index contributed by atoms with van der Waals surface area (Å²) in [5.41, 5.74) is 3.55. The van der Waals surface area contributed by atoms with Crippen LogP contribution in [0.2, 0.25) is 0 Å². The first-order valence-electron chi connectivity index (χ1n) is 11.8. The van der Waals surface area contributed by atoms with Crippen LogP contribution in [-0.2, 0) is 4.79 Å². The SMILES string of the molecule is C=C(C)COc1cc([C@@H]2CC(=O)Oc3ccc4c(c32)O/C(=C\c2ccc(OC)cc2)C4=O)ccc1OC. The second-order valence-electron chi connectivity index (χ2n) is 8.95. The molecule has 2 aliphatic rings. The number of esters is 1. The van der Waals surface area contributed by atoms with Gasteiger partial charge in [0.15, 0.2) is 17.3 Å². The van der Waals surface area contributed by atoms with E-state index in [1.54, 1.807) is 38.5 Å². The largest absolute Gasteiger partial charge is 0.497 e. The maximum absolute atomic E-state index is 13.2. The second-order valence-corrected chi connectivity index (χ2v) is 8.95. The summed E-state index contributed by atoms with van der Waals surface area (Å²) in [4.78, 5) is 25.8. The number of ether oxygens (including phenoxy) is 5. The summed E-state index contributed by atoms with van der Waals surface area (Å²) in [7, 11) is 3.16. The van der Waals surface area contributed by atoms with Crippen LogP contribution in [0.4, 0.5) is 0 Å². The Labute approximate surface area is 214 Å². The Kier molecular flexibility index (Phi) is 6.44. The highest BCUT2D eigenvalue weighted by Gasteiger charge is 2.38. The van der Waals surface area contributed by atoms with Crippen LogP contribution in [0.3, 0.4) is 0 Å². The van der Waals surface area contributed by atoms with E-state index >= 15 is 0 Å². The number of methoxy groups -OCH3 is 2. The minimum atomic E-state index is -0.405. The van der Waals surface area contributed by atoms with Crippen LogP contribution < -0.4 is 23.7 Å². The molecule has 0 unspecified atom stereocenters. The number of fused-ring (bicyclic) bond motifs is 3. The highest BCUT2D eigenvalue weighted by Crippen LogP contribution is 2.49. The fourth-order valence-corrected chi connectivity index (χ4v) is 4.47. The Bertz CT molecular complexity index is 1430. The van der Waals surface area contributed by atoms with Crippen molar-refractivity contribution in [3.05, 3.63) is 94.8 Å². The number of allylic oxidation sites excluding steroid dienone is 1. The molecule has 0 fully saturated rings. The topological polar surface area (TPSA) is 80.3 Å². The van der Waals surface area contributed by atoms with E-state index in [0.29, 0.717) is 46.5 Å². The minimum absolute atomic E-state index is 0.0881. The van der Waals surface area contributed by atoms with E-state index in [0.717, 1.165) is 16.7 Å². The van der Waals surface area contributed by atoms with Crippen molar-refractivity contribution in [2.45, 2.75) is 19.3 Å². The van der Waals surface area contributed by atoms with Crippen molar-refractivity contribution in [2.75, 3.05) is 20.8 Å². The minimum Gasteiger partial charge on any atom is -0.497 e. The van der Waals surface area contributed by atoms with E-state index in [1.165, 1.54) is 0 Å². The smallest absolute Gasteiger partial charge is 0.312 e. The Morgan fingerprint density at radius 3 is 2.49 bits per heavy atom. The zero-order valence-corrected chi connectivity index (χ0v) is 20.8. The molecule has 188 valence electrons. The van der Waals surface area contributed by atoms with Gasteiger partial charge in [-0.05, 0) is 66.1 Å². The van der Waals surface area contributed by atoms with Crippen molar-refractivity contribution in [2.24, 2.45) is 0 Å². The monoisotopic (exact) mass is 498 g/mol.